The number of para-hydroxylation sites is 1. The summed E-state index contributed by atoms with van der Waals surface area (Å²) < 4.78 is 33.5. The summed E-state index contributed by atoms with van der Waals surface area (Å²) in [4.78, 5) is 28.7. The quantitative estimate of drug-likeness (QED) is 0.673. The second-order valence-corrected chi connectivity index (χ2v) is 9.08. The van der Waals surface area contributed by atoms with Crippen LogP contribution in [0.25, 0.3) is 0 Å². The molecule has 2 aliphatic rings. The van der Waals surface area contributed by atoms with Crippen LogP contribution in [0.15, 0.2) is 30.3 Å². The van der Waals surface area contributed by atoms with Gasteiger partial charge in [0, 0.05) is 39.0 Å². The predicted molar refractivity (Wildman–Crippen MR) is 103 cm³/mol. The number of nitrogens with one attached hydrogen (secondary N) is 1. The number of hydrogen-bond acceptors (Lipinski definition) is 7. The van der Waals surface area contributed by atoms with E-state index in [2.05, 4.69) is 10.2 Å². The zero-order valence-corrected chi connectivity index (χ0v) is 16.8. The van der Waals surface area contributed by atoms with Crippen LogP contribution in [0.3, 0.4) is 0 Å². The average Bonchev–Trinajstić information content (AvgIpc) is 2.70. The number of carbonyl (C=O) groups excluding carboxylic acids is 2. The minimum atomic E-state index is -3.29. The van der Waals surface area contributed by atoms with Crippen LogP contribution in [0.4, 0.5) is 10.5 Å². The third-order valence-corrected chi connectivity index (χ3v) is 7.11. The van der Waals surface area contributed by atoms with E-state index in [0.29, 0.717) is 26.2 Å². The Morgan fingerprint density at radius 2 is 1.68 bits per heavy atom. The summed E-state index contributed by atoms with van der Waals surface area (Å²) in [5.74, 6) is -1.40. The fourth-order valence-electron chi connectivity index (χ4n) is 3.65. The third-order valence-electron chi connectivity index (χ3n) is 5.25. The number of amides is 2. The molecule has 0 spiro atoms. The van der Waals surface area contributed by atoms with Crippen LogP contribution in [0.2, 0.25) is 0 Å². The van der Waals surface area contributed by atoms with E-state index in [1.807, 2.05) is 30.3 Å². The van der Waals surface area contributed by atoms with Crippen LogP contribution >= 0.6 is 0 Å². The Morgan fingerprint density at radius 3 is 2.18 bits per heavy atom. The molecule has 0 aromatic heterocycles. The molecule has 28 heavy (non-hydrogen) atoms. The van der Waals surface area contributed by atoms with Gasteiger partial charge in [0.05, 0.1) is 18.6 Å². The van der Waals surface area contributed by atoms with Crippen LogP contribution in [-0.4, -0.2) is 88.9 Å². The second-order valence-electron chi connectivity index (χ2n) is 7.02. The molecule has 2 amide bonds. The van der Waals surface area contributed by atoms with Crippen molar-refractivity contribution in [3.8, 4) is 0 Å². The molecule has 1 unspecified atom stereocenters. The molecule has 1 aromatic rings. The number of rotatable bonds is 5. The molecule has 1 N–H and O–H groups in total. The summed E-state index contributed by atoms with van der Waals surface area (Å²) in [6, 6.07) is 8.28. The number of anilines is 1. The molecule has 1 atom stereocenters. The number of hydrogen-bond donors (Lipinski definition) is 1. The van der Waals surface area contributed by atoms with Crippen molar-refractivity contribution in [1.29, 1.82) is 0 Å². The summed E-state index contributed by atoms with van der Waals surface area (Å²) in [5, 5.41) is 2.63. The van der Waals surface area contributed by atoms with Crippen molar-refractivity contribution < 1.29 is 27.5 Å². The third kappa shape index (κ3) is 4.07. The highest BCUT2D eigenvalue weighted by atomic mass is 32.2. The Hall–Kier alpha value is -2.33. The number of methoxy groups -OCH3 is 2. The van der Waals surface area contributed by atoms with Crippen LogP contribution < -0.4 is 10.2 Å². The highest BCUT2D eigenvalue weighted by Gasteiger charge is 2.58. The zero-order chi connectivity index (χ0) is 20.4. The van der Waals surface area contributed by atoms with Gasteiger partial charge in [-0.1, -0.05) is 18.2 Å². The topological polar surface area (TPSA) is 105 Å². The Bertz CT molecular complexity index is 809. The van der Waals surface area contributed by atoms with Crippen molar-refractivity contribution in [2.45, 2.75) is 11.6 Å². The number of urea groups is 1. The number of piperazine rings is 1. The summed E-state index contributed by atoms with van der Waals surface area (Å²) in [7, 11) is -0.771. The summed E-state index contributed by atoms with van der Waals surface area (Å²) >= 11 is 0. The van der Waals surface area contributed by atoms with Gasteiger partial charge in [0.25, 0.3) is 0 Å². The van der Waals surface area contributed by atoms with Crippen LogP contribution in [0.5, 0.6) is 0 Å². The highest BCUT2D eigenvalue weighted by molar-refractivity contribution is 7.93. The van der Waals surface area contributed by atoms with E-state index >= 15 is 0 Å². The normalized spacial score (nSPS) is 21.4. The van der Waals surface area contributed by atoms with E-state index in [1.165, 1.54) is 14.2 Å². The molecule has 10 heteroatoms. The Morgan fingerprint density at radius 1 is 1.07 bits per heavy atom. The Labute approximate surface area is 164 Å². The van der Waals surface area contributed by atoms with Crippen molar-refractivity contribution >= 4 is 27.5 Å². The van der Waals surface area contributed by atoms with Gasteiger partial charge in [-0.25, -0.2) is 18.0 Å². The average molecular weight is 411 g/mol. The first-order valence-electron chi connectivity index (χ1n) is 8.99. The predicted octanol–water partition coefficient (Wildman–Crippen LogP) is -0.127. The van der Waals surface area contributed by atoms with Gasteiger partial charge in [-0.15, -0.1) is 0 Å². The number of nitrogens with zero attached hydrogens (tertiary/aromatic N) is 2. The van der Waals surface area contributed by atoms with Gasteiger partial charge in [-0.3, -0.25) is 0 Å². The molecule has 9 nitrogen and oxygen atoms in total. The lowest BCUT2D eigenvalue weighted by molar-refractivity contribution is -0.150. The van der Waals surface area contributed by atoms with Gasteiger partial charge in [0.1, 0.15) is 5.60 Å². The SMILES string of the molecule is COC(=O)C(NC(=O)N1CCN(c2ccccc2)CC1)C1(OC)CS(=O)(=O)C1. The summed E-state index contributed by atoms with van der Waals surface area (Å²) in [6.07, 6.45) is 0. The van der Waals surface area contributed by atoms with Crippen molar-refractivity contribution in [1.82, 2.24) is 10.2 Å². The lowest BCUT2D eigenvalue weighted by Crippen LogP contribution is -2.71. The van der Waals surface area contributed by atoms with E-state index in [4.69, 9.17) is 9.47 Å². The molecular formula is C18H25N3O6S. The van der Waals surface area contributed by atoms with Gasteiger partial charge < -0.3 is 24.6 Å². The molecule has 3 rings (SSSR count). The largest absolute Gasteiger partial charge is 0.467 e. The van der Waals surface area contributed by atoms with E-state index in [1.54, 1.807) is 4.90 Å². The maximum absolute atomic E-state index is 12.7. The van der Waals surface area contributed by atoms with Gasteiger partial charge in [0.2, 0.25) is 0 Å². The van der Waals surface area contributed by atoms with E-state index in [9.17, 15) is 18.0 Å². The maximum atomic E-state index is 12.7. The van der Waals surface area contributed by atoms with Crippen molar-refractivity contribution in [3.05, 3.63) is 30.3 Å². The molecule has 2 saturated heterocycles. The molecular weight excluding hydrogens is 386 g/mol. The maximum Gasteiger partial charge on any atom is 0.331 e. The van der Waals surface area contributed by atoms with Gasteiger partial charge >= 0.3 is 12.0 Å². The number of benzene rings is 1. The van der Waals surface area contributed by atoms with Crippen molar-refractivity contribution in [2.75, 3.05) is 56.8 Å². The molecule has 0 saturated carbocycles. The Balaban J connectivity index is 1.64. The smallest absolute Gasteiger partial charge is 0.331 e. The lowest BCUT2D eigenvalue weighted by Gasteiger charge is -2.44. The van der Waals surface area contributed by atoms with Crippen molar-refractivity contribution in [3.63, 3.8) is 0 Å². The van der Waals surface area contributed by atoms with E-state index in [0.717, 1.165) is 5.69 Å². The summed E-state index contributed by atoms with van der Waals surface area (Å²) in [6.45, 7) is 2.27. The van der Waals surface area contributed by atoms with Gasteiger partial charge in [-0.2, -0.15) is 0 Å². The minimum Gasteiger partial charge on any atom is -0.467 e. The lowest BCUT2D eigenvalue weighted by atomic mass is 9.97. The van der Waals surface area contributed by atoms with Crippen molar-refractivity contribution in [2.24, 2.45) is 0 Å². The number of carbonyl (C=O) groups is 2. The van der Waals surface area contributed by atoms with Crippen LogP contribution in [0, 0.1) is 0 Å². The van der Waals surface area contributed by atoms with Gasteiger partial charge in [-0.05, 0) is 12.1 Å². The molecule has 2 aliphatic heterocycles. The van der Waals surface area contributed by atoms with Crippen LogP contribution in [-0.2, 0) is 24.1 Å². The standard InChI is InChI=1S/C18H25N3O6S/c1-26-16(22)15(18(27-2)12-28(24,25)13-18)19-17(23)21-10-8-20(9-11-21)14-6-4-3-5-7-14/h3-7,15H,8-13H2,1-2H3,(H,19,23). The highest BCUT2D eigenvalue weighted by Crippen LogP contribution is 2.31. The zero-order valence-electron chi connectivity index (χ0n) is 16.0. The number of ether oxygens (including phenoxy) is 2. The monoisotopic (exact) mass is 411 g/mol. The fraction of sp³-hybridized carbons (Fsp3) is 0.556. The first-order valence-corrected chi connectivity index (χ1v) is 10.8. The van der Waals surface area contributed by atoms with Crippen LogP contribution in [0.1, 0.15) is 0 Å². The number of esters is 1. The summed E-state index contributed by atoms with van der Waals surface area (Å²) in [5.41, 5.74) is -0.207. The molecule has 1 aromatic carbocycles. The molecule has 0 bridgehead atoms. The second kappa shape index (κ2) is 7.96. The minimum absolute atomic E-state index is 0.335. The Kier molecular flexibility index (Phi) is 5.80. The van der Waals surface area contributed by atoms with Gasteiger partial charge in [0.15, 0.2) is 15.9 Å². The van der Waals surface area contributed by atoms with E-state index < -0.39 is 33.5 Å². The molecule has 0 aliphatic carbocycles. The number of sulfone groups is 1. The molecule has 2 fully saturated rings. The first kappa shape index (κ1) is 20.4. The molecule has 0 radical (unpaired) electrons. The molecule has 2 heterocycles. The fourth-order valence-corrected chi connectivity index (χ4v) is 5.62. The first-order chi connectivity index (χ1) is 13.3. The molecule has 154 valence electrons. The van der Waals surface area contributed by atoms with E-state index in [-0.39, 0.29) is 11.5 Å².